The monoisotopic (exact) mass is 487 g/mol. The van der Waals surface area contributed by atoms with Gasteiger partial charge in [-0.2, -0.15) is 10.4 Å². The molecule has 1 aromatic heterocycles. The molecule has 2 aliphatic heterocycles. The summed E-state index contributed by atoms with van der Waals surface area (Å²) in [6, 6.07) is 15.7. The number of hydrazine groups is 1. The van der Waals surface area contributed by atoms with Gasteiger partial charge in [-0.1, -0.05) is 24.3 Å². The Kier molecular flexibility index (Phi) is 5.79. The molecule has 2 unspecified atom stereocenters. The maximum absolute atomic E-state index is 10.2. The van der Waals surface area contributed by atoms with Gasteiger partial charge in [0, 0.05) is 11.1 Å². The lowest BCUT2D eigenvalue weighted by Crippen LogP contribution is -2.33. The highest BCUT2D eigenvalue weighted by Gasteiger charge is 2.31. The molecular weight excluding hydrogens is 466 g/mol. The maximum atomic E-state index is 10.2. The number of nitrogens with one attached hydrogen (secondary N) is 2. The Morgan fingerprint density at radius 1 is 1.06 bits per heavy atom. The van der Waals surface area contributed by atoms with Crippen molar-refractivity contribution in [3.05, 3.63) is 94.3 Å². The lowest BCUT2D eigenvalue weighted by Gasteiger charge is -2.25. The third kappa shape index (κ3) is 3.79. The molecule has 8 N–H and O–H groups in total. The van der Waals surface area contributed by atoms with Gasteiger partial charge in [0.25, 0.3) is 0 Å². The molecular formula is C24H21N7O5. The molecule has 0 saturated carbocycles. The second kappa shape index (κ2) is 9.08. The molecule has 0 saturated heterocycles. The van der Waals surface area contributed by atoms with Crippen LogP contribution >= 0.6 is 0 Å². The summed E-state index contributed by atoms with van der Waals surface area (Å²) in [5, 5.41) is 56.2. The average Bonchev–Trinajstić information content (AvgIpc) is 3.36. The summed E-state index contributed by atoms with van der Waals surface area (Å²) in [6.45, 7) is -0.589. The molecule has 12 heteroatoms. The van der Waals surface area contributed by atoms with Crippen molar-refractivity contribution in [3.8, 4) is 11.8 Å². The zero-order valence-electron chi connectivity index (χ0n) is 18.6. The Morgan fingerprint density at radius 3 is 2.39 bits per heavy atom. The number of aliphatic hydroxyl groups is 4. The molecule has 0 fully saturated rings. The van der Waals surface area contributed by atoms with Crippen molar-refractivity contribution in [2.75, 3.05) is 11.9 Å². The molecule has 2 aliphatic rings. The van der Waals surface area contributed by atoms with Crippen molar-refractivity contribution in [1.82, 2.24) is 15.2 Å². The average molecular weight is 487 g/mol. The molecule has 0 radical (unpaired) electrons. The normalized spacial score (nSPS) is 19.2. The summed E-state index contributed by atoms with van der Waals surface area (Å²) in [5.41, 5.74) is 5.74. The third-order valence-corrected chi connectivity index (χ3v) is 5.82. The molecule has 0 bridgehead atoms. The molecule has 3 heterocycles. The molecule has 36 heavy (non-hydrogen) atoms. The van der Waals surface area contributed by atoms with Gasteiger partial charge in [0.05, 0.1) is 35.7 Å². The molecule has 2 atom stereocenters. The Balaban J connectivity index is 1.46. The van der Waals surface area contributed by atoms with Crippen molar-refractivity contribution >= 4 is 17.4 Å². The van der Waals surface area contributed by atoms with Crippen molar-refractivity contribution in [2.24, 2.45) is 10.8 Å². The fraction of sp³-hybridized carbons (Fsp3) is 0.125. The van der Waals surface area contributed by atoms with Crippen LogP contribution in [0.5, 0.6) is 0 Å². The summed E-state index contributed by atoms with van der Waals surface area (Å²) in [7, 11) is 0. The van der Waals surface area contributed by atoms with Crippen LogP contribution in [-0.4, -0.2) is 48.8 Å². The minimum Gasteiger partial charge on any atom is -0.505 e. The summed E-state index contributed by atoms with van der Waals surface area (Å²) in [6.07, 6.45) is -0.124. The van der Waals surface area contributed by atoms with Gasteiger partial charge >= 0.3 is 0 Å². The molecule has 12 nitrogen and oxygen atoms in total. The first-order valence-corrected chi connectivity index (χ1v) is 10.8. The smallest absolute Gasteiger partial charge is 0.204 e. The summed E-state index contributed by atoms with van der Waals surface area (Å²) >= 11 is 0. The Bertz CT molecular complexity index is 1450. The lowest BCUT2D eigenvalue weighted by atomic mass is 10.0. The van der Waals surface area contributed by atoms with Crippen LogP contribution in [-0.2, 0) is 4.74 Å². The number of aliphatic hydroxyl groups excluding tert-OH is 4. The summed E-state index contributed by atoms with van der Waals surface area (Å²) in [5.74, 6) is 4.76. The number of aliphatic imine (C=N–C) groups is 1. The first-order valence-electron chi connectivity index (χ1n) is 10.8. The van der Waals surface area contributed by atoms with Crippen molar-refractivity contribution in [2.45, 2.75) is 12.3 Å². The number of nitrogens with zero attached hydrogens (tertiary/aromatic N) is 4. The van der Waals surface area contributed by atoms with Crippen molar-refractivity contribution < 1.29 is 25.2 Å². The number of rotatable bonds is 5. The van der Waals surface area contributed by atoms with E-state index in [-0.39, 0.29) is 5.76 Å². The van der Waals surface area contributed by atoms with Gasteiger partial charge in [0.1, 0.15) is 17.8 Å². The van der Waals surface area contributed by atoms with Crippen molar-refractivity contribution in [3.63, 3.8) is 0 Å². The fourth-order valence-corrected chi connectivity index (χ4v) is 3.92. The Morgan fingerprint density at radius 2 is 1.75 bits per heavy atom. The molecule has 2 aromatic carbocycles. The number of nitriles is 1. The molecule has 182 valence electrons. The van der Waals surface area contributed by atoms with Gasteiger partial charge in [-0.3, -0.25) is 5.84 Å². The first kappa shape index (κ1) is 22.9. The van der Waals surface area contributed by atoms with E-state index >= 15 is 0 Å². The van der Waals surface area contributed by atoms with Gasteiger partial charge in [-0.25, -0.2) is 15.1 Å². The van der Waals surface area contributed by atoms with E-state index in [2.05, 4.69) is 26.9 Å². The molecule has 0 aliphatic carbocycles. The zero-order valence-corrected chi connectivity index (χ0v) is 18.6. The van der Waals surface area contributed by atoms with Crippen LogP contribution in [0.1, 0.15) is 28.4 Å². The maximum Gasteiger partial charge on any atom is 0.204 e. The second-order valence-electron chi connectivity index (χ2n) is 7.97. The number of anilines is 1. The highest BCUT2D eigenvalue weighted by molar-refractivity contribution is 6.09. The van der Waals surface area contributed by atoms with Crippen LogP contribution in [0.4, 0.5) is 5.82 Å². The van der Waals surface area contributed by atoms with E-state index in [1.807, 2.05) is 0 Å². The molecule has 0 amide bonds. The van der Waals surface area contributed by atoms with Gasteiger partial charge < -0.3 is 30.5 Å². The van der Waals surface area contributed by atoms with Crippen LogP contribution in [0.15, 0.2) is 77.0 Å². The predicted octanol–water partition coefficient (Wildman–Crippen LogP) is 2.02. The van der Waals surface area contributed by atoms with Crippen LogP contribution < -0.4 is 16.6 Å². The number of benzene rings is 2. The second-order valence-corrected chi connectivity index (χ2v) is 7.97. The van der Waals surface area contributed by atoms with E-state index in [1.54, 1.807) is 59.4 Å². The van der Waals surface area contributed by atoms with E-state index in [4.69, 9.17) is 15.8 Å². The molecule has 0 spiro atoms. The SMILES string of the molecule is N#Cc1ccc(-n2ncc3c2NC(c2ccc(C4=C(O)C(O)=C(O)C(CO)O4)cc2)=NC3NN)cc1. The van der Waals surface area contributed by atoms with E-state index in [0.29, 0.717) is 28.3 Å². The van der Waals surface area contributed by atoms with Gasteiger partial charge in [0.15, 0.2) is 17.6 Å². The van der Waals surface area contributed by atoms with Crippen LogP contribution in [0, 0.1) is 11.3 Å². The number of fused-ring (bicyclic) bond motifs is 1. The highest BCUT2D eigenvalue weighted by atomic mass is 16.5. The zero-order chi connectivity index (χ0) is 25.4. The number of aromatic nitrogens is 2. The van der Waals surface area contributed by atoms with Gasteiger partial charge in [0.2, 0.25) is 11.5 Å². The number of hydrogen-bond acceptors (Lipinski definition) is 11. The fourth-order valence-electron chi connectivity index (χ4n) is 3.92. The van der Waals surface area contributed by atoms with Crippen LogP contribution in [0.3, 0.4) is 0 Å². The minimum atomic E-state index is -1.20. The van der Waals surface area contributed by atoms with Gasteiger partial charge in [-0.05, 0) is 24.3 Å². The Hall–Kier alpha value is -4.83. The van der Waals surface area contributed by atoms with Gasteiger partial charge in [-0.15, -0.1) is 0 Å². The van der Waals surface area contributed by atoms with Crippen LogP contribution in [0.25, 0.3) is 11.4 Å². The number of hydrogen-bond donors (Lipinski definition) is 7. The Labute approximate surface area is 204 Å². The topological polar surface area (TPSA) is 194 Å². The quantitative estimate of drug-likeness (QED) is 0.207. The van der Waals surface area contributed by atoms with Crippen LogP contribution in [0.2, 0.25) is 0 Å². The summed E-state index contributed by atoms with van der Waals surface area (Å²) < 4.78 is 7.14. The summed E-state index contributed by atoms with van der Waals surface area (Å²) in [4.78, 5) is 4.62. The largest absolute Gasteiger partial charge is 0.505 e. The minimum absolute atomic E-state index is 0.0860. The number of ether oxygens (including phenoxy) is 1. The highest BCUT2D eigenvalue weighted by Crippen LogP contribution is 2.33. The van der Waals surface area contributed by atoms with E-state index in [1.165, 1.54) is 0 Å². The first-order chi connectivity index (χ1) is 17.4. The predicted molar refractivity (Wildman–Crippen MR) is 129 cm³/mol. The molecule has 5 rings (SSSR count). The van der Waals surface area contributed by atoms with E-state index in [9.17, 15) is 20.4 Å². The van der Waals surface area contributed by atoms with E-state index in [0.717, 1.165) is 11.3 Å². The standard InChI is InChI=1S/C24H21N7O5/c25-9-12-1-7-15(8-2-12)31-24-16(10-27-31)23(30-26)28-22(29-24)14-5-3-13(4-6-14)21-20(35)19(34)18(33)17(11-32)36-21/h1-8,10,17,23,30,32-35H,11,26H2,(H,28,29). The van der Waals surface area contributed by atoms with Crippen molar-refractivity contribution in [1.29, 1.82) is 5.26 Å². The lowest BCUT2D eigenvalue weighted by molar-refractivity contribution is 0.0626. The number of nitrogens with two attached hydrogens (primary N) is 1. The third-order valence-electron chi connectivity index (χ3n) is 5.82. The van der Waals surface area contributed by atoms with E-state index < -0.39 is 36.2 Å². The molecule has 3 aromatic rings. The number of amidine groups is 1.